The van der Waals surface area contributed by atoms with Crippen molar-refractivity contribution in [1.82, 2.24) is 0 Å². The van der Waals surface area contributed by atoms with E-state index in [0.717, 1.165) is 0 Å². The molecular formula is C18H13BF9N. The Morgan fingerprint density at radius 2 is 1.24 bits per heavy atom. The summed E-state index contributed by atoms with van der Waals surface area (Å²) in [5.74, 6) is -1.31. The Hall–Kier alpha value is -2.43. The zero-order valence-electron chi connectivity index (χ0n) is 14.5. The van der Waals surface area contributed by atoms with Gasteiger partial charge in [-0.25, -0.2) is 0 Å². The van der Waals surface area contributed by atoms with E-state index in [0.29, 0.717) is 5.56 Å². The third kappa shape index (κ3) is 5.34. The van der Waals surface area contributed by atoms with Crippen LogP contribution in [-0.2, 0) is 18.5 Å². The molecular weight excluding hydrogens is 412 g/mol. The summed E-state index contributed by atoms with van der Waals surface area (Å²) in [5.41, 5.74) is -0.760. The van der Waals surface area contributed by atoms with E-state index in [1.165, 1.54) is 30.3 Å². The lowest BCUT2D eigenvalue weighted by Crippen LogP contribution is -2.38. The SMILES string of the molecule is C=Cc1ccc(C(N)Bc2c(C(F)(F)F)cc(C(F)(F)F)cc2C(F)(F)F)cc1. The van der Waals surface area contributed by atoms with Gasteiger partial charge in [0.2, 0.25) is 0 Å². The zero-order valence-corrected chi connectivity index (χ0v) is 14.5. The van der Waals surface area contributed by atoms with Gasteiger partial charge in [-0.2, -0.15) is 39.5 Å². The first-order valence-corrected chi connectivity index (χ1v) is 8.01. The minimum atomic E-state index is -5.44. The fourth-order valence-corrected chi connectivity index (χ4v) is 2.78. The van der Waals surface area contributed by atoms with E-state index in [1.54, 1.807) is 0 Å². The van der Waals surface area contributed by atoms with Gasteiger partial charge < -0.3 is 5.73 Å². The van der Waals surface area contributed by atoms with Crippen LogP contribution in [0.2, 0.25) is 0 Å². The Balaban J connectivity index is 2.65. The van der Waals surface area contributed by atoms with Gasteiger partial charge in [0.1, 0.15) is 0 Å². The van der Waals surface area contributed by atoms with Crippen LogP contribution in [0.5, 0.6) is 0 Å². The molecule has 1 nitrogen and oxygen atoms in total. The Bertz CT molecular complexity index is 845. The largest absolute Gasteiger partial charge is 0.416 e. The highest BCUT2D eigenvalue weighted by atomic mass is 19.4. The first kappa shape index (κ1) is 22.9. The lowest BCUT2D eigenvalue weighted by Gasteiger charge is -2.23. The predicted octanol–water partition coefficient (Wildman–Crippen LogP) is 5.11. The Morgan fingerprint density at radius 3 is 1.59 bits per heavy atom. The third-order valence-electron chi connectivity index (χ3n) is 4.21. The average Bonchev–Trinajstić information content (AvgIpc) is 2.58. The summed E-state index contributed by atoms with van der Waals surface area (Å²) >= 11 is 0. The molecule has 2 aromatic rings. The van der Waals surface area contributed by atoms with E-state index in [9.17, 15) is 39.5 Å². The number of nitrogens with two attached hydrogens (primary N) is 1. The first-order valence-electron chi connectivity index (χ1n) is 8.01. The summed E-state index contributed by atoms with van der Waals surface area (Å²) in [5, 5.41) is 0. The number of benzene rings is 2. The molecule has 1 unspecified atom stereocenters. The highest BCUT2D eigenvalue weighted by molar-refractivity contribution is 6.56. The van der Waals surface area contributed by atoms with Crippen LogP contribution in [0.15, 0.2) is 43.0 Å². The maximum atomic E-state index is 13.3. The van der Waals surface area contributed by atoms with Crippen LogP contribution in [-0.4, -0.2) is 7.28 Å². The summed E-state index contributed by atoms with van der Waals surface area (Å²) in [6.07, 6.45) is -14.8. The van der Waals surface area contributed by atoms with Crippen molar-refractivity contribution in [3.8, 4) is 0 Å². The molecule has 0 saturated carbocycles. The number of alkyl halides is 9. The van der Waals surface area contributed by atoms with E-state index >= 15 is 0 Å². The predicted molar refractivity (Wildman–Crippen MR) is 91.7 cm³/mol. The van der Waals surface area contributed by atoms with Crippen molar-refractivity contribution in [3.05, 3.63) is 70.8 Å². The molecule has 2 N–H and O–H groups in total. The molecule has 29 heavy (non-hydrogen) atoms. The highest BCUT2D eigenvalue weighted by Gasteiger charge is 2.44. The standard InChI is InChI=1S/C18H13BF9N/c1-2-9-3-5-10(6-4-9)15(29)19-14-12(17(23,24)25)7-11(16(20,21)22)8-13(14)18(26,27)28/h2-8,15,19H,1,29H2. The second-order valence-corrected chi connectivity index (χ2v) is 6.22. The molecule has 0 spiro atoms. The fourth-order valence-electron chi connectivity index (χ4n) is 2.78. The Labute approximate surface area is 160 Å². The van der Waals surface area contributed by atoms with Gasteiger partial charge >= 0.3 is 18.5 Å². The molecule has 156 valence electrons. The van der Waals surface area contributed by atoms with E-state index in [-0.39, 0.29) is 17.7 Å². The summed E-state index contributed by atoms with van der Waals surface area (Å²) in [7, 11) is -0.963. The molecule has 0 heterocycles. The van der Waals surface area contributed by atoms with Gasteiger partial charge in [-0.05, 0) is 23.3 Å². The van der Waals surface area contributed by atoms with Crippen LogP contribution in [0.25, 0.3) is 6.08 Å². The van der Waals surface area contributed by atoms with Gasteiger partial charge in [0.05, 0.1) is 16.7 Å². The normalized spacial score (nSPS) is 13.9. The molecule has 0 bridgehead atoms. The van der Waals surface area contributed by atoms with Crippen LogP contribution < -0.4 is 11.2 Å². The summed E-state index contributed by atoms with van der Waals surface area (Å²) in [4.78, 5) is 0. The highest BCUT2D eigenvalue weighted by Crippen LogP contribution is 2.39. The lowest BCUT2D eigenvalue weighted by molar-refractivity contribution is -0.147. The van der Waals surface area contributed by atoms with E-state index < -0.39 is 53.9 Å². The van der Waals surface area contributed by atoms with E-state index in [2.05, 4.69) is 6.58 Å². The quantitative estimate of drug-likeness (QED) is 0.535. The summed E-state index contributed by atoms with van der Waals surface area (Å²) in [6.45, 7) is 3.51. The minimum absolute atomic E-state index is 0.219. The average molecular weight is 425 g/mol. The van der Waals surface area contributed by atoms with Gasteiger partial charge in [0.25, 0.3) is 0 Å². The van der Waals surface area contributed by atoms with Crippen molar-refractivity contribution in [2.24, 2.45) is 5.73 Å². The smallest absolute Gasteiger partial charge is 0.330 e. The molecule has 0 aromatic heterocycles. The fraction of sp³-hybridized carbons (Fsp3) is 0.222. The van der Waals surface area contributed by atoms with Crippen LogP contribution in [0.3, 0.4) is 0 Å². The zero-order chi connectivity index (χ0) is 22.2. The Kier molecular flexibility index (Phi) is 6.13. The number of halogens is 9. The van der Waals surface area contributed by atoms with Crippen molar-refractivity contribution in [2.75, 3.05) is 0 Å². The van der Waals surface area contributed by atoms with Crippen LogP contribution in [0.1, 0.15) is 33.8 Å². The topological polar surface area (TPSA) is 26.0 Å². The summed E-state index contributed by atoms with van der Waals surface area (Å²) in [6, 6.07) is 5.16. The van der Waals surface area contributed by atoms with Gasteiger partial charge in [-0.15, -0.1) is 0 Å². The van der Waals surface area contributed by atoms with Crippen LogP contribution >= 0.6 is 0 Å². The van der Waals surface area contributed by atoms with Crippen molar-refractivity contribution in [3.63, 3.8) is 0 Å². The second-order valence-electron chi connectivity index (χ2n) is 6.22. The van der Waals surface area contributed by atoms with Gasteiger partial charge in [-0.1, -0.05) is 42.4 Å². The lowest BCUT2D eigenvalue weighted by atomic mass is 9.58. The van der Waals surface area contributed by atoms with Crippen LogP contribution in [0.4, 0.5) is 39.5 Å². The Morgan fingerprint density at radius 1 is 0.793 bits per heavy atom. The molecule has 2 rings (SSSR count). The number of hydrogen-bond donors (Lipinski definition) is 1. The van der Waals surface area contributed by atoms with E-state index in [4.69, 9.17) is 5.73 Å². The monoisotopic (exact) mass is 425 g/mol. The van der Waals surface area contributed by atoms with Crippen LogP contribution in [0, 0.1) is 0 Å². The van der Waals surface area contributed by atoms with Gasteiger partial charge in [-0.3, -0.25) is 0 Å². The van der Waals surface area contributed by atoms with Gasteiger partial charge in [0.15, 0.2) is 7.28 Å². The second kappa shape index (κ2) is 7.77. The van der Waals surface area contributed by atoms with Crippen molar-refractivity contribution < 1.29 is 39.5 Å². The maximum Gasteiger partial charge on any atom is 0.416 e. The number of hydrogen-bond acceptors (Lipinski definition) is 1. The maximum absolute atomic E-state index is 13.3. The molecule has 0 aliphatic carbocycles. The van der Waals surface area contributed by atoms with Crippen molar-refractivity contribution >= 4 is 18.8 Å². The van der Waals surface area contributed by atoms with Gasteiger partial charge in [0, 0.05) is 5.94 Å². The molecule has 2 aromatic carbocycles. The van der Waals surface area contributed by atoms with Crippen molar-refractivity contribution in [1.29, 1.82) is 0 Å². The van der Waals surface area contributed by atoms with Crippen molar-refractivity contribution in [2.45, 2.75) is 24.5 Å². The summed E-state index contributed by atoms with van der Waals surface area (Å²) < 4.78 is 119. The molecule has 11 heteroatoms. The molecule has 0 amide bonds. The molecule has 0 aliphatic rings. The molecule has 0 aliphatic heterocycles. The molecule has 0 saturated heterocycles. The number of rotatable bonds is 4. The molecule has 1 atom stereocenters. The minimum Gasteiger partial charge on any atom is -0.330 e. The first-order chi connectivity index (χ1) is 13.1. The molecule has 0 radical (unpaired) electrons. The molecule has 0 fully saturated rings. The van der Waals surface area contributed by atoms with E-state index in [1.807, 2.05) is 0 Å². The third-order valence-corrected chi connectivity index (χ3v) is 4.21.